The van der Waals surface area contributed by atoms with Crippen LogP contribution in [0.25, 0.3) is 11.0 Å². The van der Waals surface area contributed by atoms with Crippen molar-refractivity contribution >= 4 is 16.9 Å². The number of hydrogen-bond acceptors (Lipinski definition) is 8. The van der Waals surface area contributed by atoms with Crippen LogP contribution in [-0.4, -0.2) is 57.0 Å². The smallest absolute Gasteiger partial charge is 0.152 e. The Bertz CT molecular complexity index is 647. The van der Waals surface area contributed by atoms with Gasteiger partial charge in [-0.2, -0.15) is 5.10 Å². The van der Waals surface area contributed by atoms with Crippen LogP contribution in [0.15, 0.2) is 6.33 Å². The summed E-state index contributed by atoms with van der Waals surface area (Å²) >= 11 is 0. The summed E-state index contributed by atoms with van der Waals surface area (Å²) in [6, 6.07) is 0. The van der Waals surface area contributed by atoms with Crippen molar-refractivity contribution in [3.05, 3.63) is 12.0 Å². The Kier molecular flexibility index (Phi) is 2.60. The molecule has 2 fully saturated rings. The van der Waals surface area contributed by atoms with Gasteiger partial charge in [0.2, 0.25) is 0 Å². The van der Waals surface area contributed by atoms with Crippen molar-refractivity contribution in [1.29, 1.82) is 0 Å². The zero-order valence-electron chi connectivity index (χ0n) is 10.4. The number of nitrogens with two attached hydrogens (primary N) is 1. The van der Waals surface area contributed by atoms with Gasteiger partial charge in [-0.15, -0.1) is 0 Å². The minimum absolute atomic E-state index is 0.138. The van der Waals surface area contributed by atoms with Gasteiger partial charge in [0, 0.05) is 0 Å². The molecule has 106 valence electrons. The van der Waals surface area contributed by atoms with E-state index in [2.05, 4.69) is 20.2 Å². The van der Waals surface area contributed by atoms with Crippen molar-refractivity contribution < 1.29 is 19.3 Å². The van der Waals surface area contributed by atoms with Crippen LogP contribution >= 0.6 is 0 Å². The molecule has 2 aliphatic heterocycles. The van der Waals surface area contributed by atoms with Crippen molar-refractivity contribution in [2.75, 3.05) is 19.1 Å². The third kappa shape index (κ3) is 1.54. The summed E-state index contributed by atoms with van der Waals surface area (Å²) in [5.74, 6) is 0.325. The highest BCUT2D eigenvalue weighted by atomic mass is 16.7. The Labute approximate surface area is 113 Å². The second-order valence-corrected chi connectivity index (χ2v) is 4.75. The second kappa shape index (κ2) is 4.35. The first-order valence-corrected chi connectivity index (χ1v) is 6.23. The molecule has 9 heteroatoms. The number of ether oxygens (including phenoxy) is 3. The highest BCUT2D eigenvalue weighted by Gasteiger charge is 2.51. The number of nitrogens with zero attached hydrogens (tertiary/aromatic N) is 3. The van der Waals surface area contributed by atoms with Gasteiger partial charge in [0.15, 0.2) is 5.82 Å². The van der Waals surface area contributed by atoms with E-state index in [4.69, 9.17) is 19.9 Å². The Morgan fingerprint density at radius 2 is 2.20 bits per heavy atom. The van der Waals surface area contributed by atoms with Gasteiger partial charge < -0.3 is 25.1 Å². The standard InChI is InChI=1S/C11H13N5O4/c12-11-7-5(13-2-14-11)6(15-16-7)9-10-8(18-3-19-10)4(1-17)20-9/h2,4,8-10,17H,1,3H2,(H,15,16)(H2,12,13,14)/t4-,8-,9+,10-/m1/s1. The van der Waals surface area contributed by atoms with E-state index in [1.807, 2.05) is 0 Å². The van der Waals surface area contributed by atoms with Gasteiger partial charge >= 0.3 is 0 Å². The summed E-state index contributed by atoms with van der Waals surface area (Å²) in [5, 5.41) is 16.4. The first-order chi connectivity index (χ1) is 9.79. The second-order valence-electron chi connectivity index (χ2n) is 4.75. The lowest BCUT2D eigenvalue weighted by molar-refractivity contribution is -0.0878. The maximum Gasteiger partial charge on any atom is 0.152 e. The predicted molar refractivity (Wildman–Crippen MR) is 65.4 cm³/mol. The van der Waals surface area contributed by atoms with Gasteiger partial charge in [-0.05, 0) is 0 Å². The molecule has 0 radical (unpaired) electrons. The van der Waals surface area contributed by atoms with Crippen molar-refractivity contribution in [1.82, 2.24) is 20.2 Å². The zero-order chi connectivity index (χ0) is 13.7. The van der Waals surface area contributed by atoms with Gasteiger partial charge in [-0.25, -0.2) is 9.97 Å². The molecule has 0 spiro atoms. The molecule has 9 nitrogen and oxygen atoms in total. The van der Waals surface area contributed by atoms with E-state index in [-0.39, 0.29) is 25.6 Å². The summed E-state index contributed by atoms with van der Waals surface area (Å²) in [6.07, 6.45) is -0.120. The maximum absolute atomic E-state index is 9.35. The van der Waals surface area contributed by atoms with E-state index >= 15 is 0 Å². The van der Waals surface area contributed by atoms with E-state index in [1.165, 1.54) is 6.33 Å². The summed E-state index contributed by atoms with van der Waals surface area (Å²) in [5.41, 5.74) is 7.51. The molecule has 0 aliphatic carbocycles. The average molecular weight is 279 g/mol. The first-order valence-electron chi connectivity index (χ1n) is 6.23. The number of rotatable bonds is 2. The number of aromatic amines is 1. The number of hydrogen-bond donors (Lipinski definition) is 3. The summed E-state index contributed by atoms with van der Waals surface area (Å²) in [7, 11) is 0. The van der Waals surface area contributed by atoms with E-state index < -0.39 is 12.2 Å². The highest BCUT2D eigenvalue weighted by molar-refractivity contribution is 5.85. The Morgan fingerprint density at radius 1 is 1.35 bits per heavy atom. The number of aromatic nitrogens is 4. The minimum Gasteiger partial charge on any atom is -0.394 e. The molecule has 4 atom stereocenters. The summed E-state index contributed by atoms with van der Waals surface area (Å²) in [4.78, 5) is 8.09. The molecule has 2 saturated heterocycles. The third-order valence-electron chi connectivity index (χ3n) is 3.69. The quantitative estimate of drug-likeness (QED) is 0.645. The Hall–Kier alpha value is -1.81. The van der Waals surface area contributed by atoms with Crippen LogP contribution in [0.1, 0.15) is 11.8 Å². The van der Waals surface area contributed by atoms with Gasteiger partial charge in [0.05, 0.1) is 6.61 Å². The van der Waals surface area contributed by atoms with Crippen molar-refractivity contribution in [2.24, 2.45) is 0 Å². The summed E-state index contributed by atoms with van der Waals surface area (Å²) < 4.78 is 16.8. The van der Waals surface area contributed by atoms with Crippen molar-refractivity contribution in [3.63, 3.8) is 0 Å². The average Bonchev–Trinajstić information content (AvgIpc) is 3.12. The molecule has 0 saturated carbocycles. The molecule has 20 heavy (non-hydrogen) atoms. The van der Waals surface area contributed by atoms with Crippen LogP contribution in [0.3, 0.4) is 0 Å². The van der Waals surface area contributed by atoms with Crippen molar-refractivity contribution in [3.8, 4) is 0 Å². The fourth-order valence-electron chi connectivity index (χ4n) is 2.75. The molecule has 2 aliphatic rings. The van der Waals surface area contributed by atoms with Crippen LogP contribution in [-0.2, 0) is 14.2 Å². The Morgan fingerprint density at radius 3 is 3.05 bits per heavy atom. The van der Waals surface area contributed by atoms with Crippen LogP contribution in [0.4, 0.5) is 5.82 Å². The summed E-state index contributed by atoms with van der Waals surface area (Å²) in [6.45, 7) is 0.0473. The van der Waals surface area contributed by atoms with Gasteiger partial charge in [-0.1, -0.05) is 0 Å². The minimum atomic E-state index is -0.456. The van der Waals surface area contributed by atoms with E-state index in [0.29, 0.717) is 22.5 Å². The molecule has 4 rings (SSSR count). The topological polar surface area (TPSA) is 128 Å². The monoisotopic (exact) mass is 279 g/mol. The number of fused-ring (bicyclic) bond motifs is 2. The fourth-order valence-corrected chi connectivity index (χ4v) is 2.75. The van der Waals surface area contributed by atoms with Crippen LogP contribution in [0, 0.1) is 0 Å². The molecule has 0 unspecified atom stereocenters. The molecule has 2 aromatic heterocycles. The number of aliphatic hydroxyl groups excluding tert-OH is 1. The SMILES string of the molecule is Nc1ncnc2c([C@@H]3O[C@H](CO)[C@H]4OCO[C@H]43)n[nH]c12. The van der Waals surface area contributed by atoms with Crippen LogP contribution < -0.4 is 5.73 Å². The van der Waals surface area contributed by atoms with Crippen LogP contribution in [0.2, 0.25) is 0 Å². The number of nitrogen functional groups attached to an aromatic ring is 1. The lowest BCUT2D eigenvalue weighted by Gasteiger charge is -2.13. The van der Waals surface area contributed by atoms with E-state index in [0.717, 1.165) is 0 Å². The molecular weight excluding hydrogens is 266 g/mol. The first kappa shape index (κ1) is 12.0. The molecule has 2 aromatic rings. The number of aliphatic hydroxyl groups is 1. The molecule has 4 heterocycles. The van der Waals surface area contributed by atoms with Crippen molar-refractivity contribution in [2.45, 2.75) is 24.4 Å². The van der Waals surface area contributed by atoms with Gasteiger partial charge in [-0.3, -0.25) is 5.10 Å². The van der Waals surface area contributed by atoms with Crippen LogP contribution in [0.5, 0.6) is 0 Å². The number of anilines is 1. The zero-order valence-corrected chi connectivity index (χ0v) is 10.4. The van der Waals surface area contributed by atoms with Gasteiger partial charge in [0.1, 0.15) is 54.3 Å². The highest BCUT2D eigenvalue weighted by Crippen LogP contribution is 2.41. The molecular formula is C11H13N5O4. The van der Waals surface area contributed by atoms with Gasteiger partial charge in [0.25, 0.3) is 0 Å². The maximum atomic E-state index is 9.35. The largest absolute Gasteiger partial charge is 0.394 e. The van der Waals surface area contributed by atoms with E-state index in [9.17, 15) is 5.11 Å². The normalized spacial score (nSPS) is 32.9. The third-order valence-corrected chi connectivity index (χ3v) is 3.69. The Balaban J connectivity index is 1.78. The number of H-pyrrole nitrogens is 1. The van der Waals surface area contributed by atoms with E-state index in [1.54, 1.807) is 0 Å². The lowest BCUT2D eigenvalue weighted by atomic mass is 10.1. The number of nitrogens with one attached hydrogen (secondary N) is 1. The fraction of sp³-hybridized carbons (Fsp3) is 0.545. The molecule has 0 amide bonds. The molecule has 0 bridgehead atoms. The predicted octanol–water partition coefficient (Wildman–Crippen LogP) is -0.891. The lowest BCUT2D eigenvalue weighted by Crippen LogP contribution is -2.30. The molecule has 4 N–H and O–H groups in total. The molecule has 0 aromatic carbocycles.